The van der Waals surface area contributed by atoms with Crippen LogP contribution < -0.4 is 5.73 Å². The van der Waals surface area contributed by atoms with Crippen LogP contribution in [0.2, 0.25) is 0 Å². The lowest BCUT2D eigenvalue weighted by Gasteiger charge is -2.04. The fraction of sp³-hybridized carbons (Fsp3) is 0.750. The summed E-state index contributed by atoms with van der Waals surface area (Å²) >= 11 is 0. The number of hydrogen-bond donors (Lipinski definition) is 1. The van der Waals surface area contributed by atoms with Crippen molar-refractivity contribution in [3.05, 3.63) is 11.7 Å². The minimum absolute atomic E-state index is 0.00381. The van der Waals surface area contributed by atoms with Gasteiger partial charge in [0.1, 0.15) is 16.4 Å². The average molecular weight is 249 g/mol. The van der Waals surface area contributed by atoms with E-state index in [0.717, 1.165) is 6.26 Å². The zero-order valence-corrected chi connectivity index (χ0v) is 10.0. The summed E-state index contributed by atoms with van der Waals surface area (Å²) in [6, 6.07) is -0.562. The molecule has 0 saturated carbocycles. The van der Waals surface area contributed by atoms with Gasteiger partial charge in [-0.05, 0) is 6.42 Å². The van der Waals surface area contributed by atoms with E-state index in [9.17, 15) is 8.42 Å². The van der Waals surface area contributed by atoms with E-state index in [1.54, 1.807) is 0 Å². The maximum absolute atomic E-state index is 10.9. The summed E-state index contributed by atoms with van der Waals surface area (Å²) in [4.78, 5) is 3.98. The molecule has 0 amide bonds. The van der Waals surface area contributed by atoms with E-state index in [0.29, 0.717) is 5.82 Å². The van der Waals surface area contributed by atoms with Gasteiger partial charge >= 0.3 is 0 Å². The minimum atomic E-state index is -3.03. The van der Waals surface area contributed by atoms with Crippen molar-refractivity contribution in [1.82, 2.24) is 10.1 Å². The van der Waals surface area contributed by atoms with Crippen LogP contribution in [0.5, 0.6) is 0 Å². The molecule has 2 N–H and O–H groups in total. The van der Waals surface area contributed by atoms with Crippen LogP contribution in [0.25, 0.3) is 0 Å². The van der Waals surface area contributed by atoms with E-state index in [-0.39, 0.29) is 24.7 Å². The molecule has 92 valence electrons. The fourth-order valence-electron chi connectivity index (χ4n) is 1.07. The molecule has 0 fully saturated rings. The molecule has 0 radical (unpaired) electrons. The highest BCUT2D eigenvalue weighted by Gasteiger charge is 2.16. The second kappa shape index (κ2) is 5.37. The van der Waals surface area contributed by atoms with Crippen LogP contribution in [0.3, 0.4) is 0 Å². The van der Waals surface area contributed by atoms with Crippen molar-refractivity contribution in [3.8, 4) is 0 Å². The maximum atomic E-state index is 10.9. The van der Waals surface area contributed by atoms with Gasteiger partial charge in [0.15, 0.2) is 5.82 Å². The Hall–Kier alpha value is -0.990. The van der Waals surface area contributed by atoms with Gasteiger partial charge in [-0.15, -0.1) is 0 Å². The van der Waals surface area contributed by atoms with Crippen LogP contribution in [-0.2, 0) is 21.2 Å². The van der Waals surface area contributed by atoms with Crippen molar-refractivity contribution in [3.63, 3.8) is 0 Å². The van der Waals surface area contributed by atoms with Crippen molar-refractivity contribution in [1.29, 1.82) is 0 Å². The molecule has 1 heterocycles. The zero-order valence-electron chi connectivity index (χ0n) is 9.21. The summed E-state index contributed by atoms with van der Waals surface area (Å²) < 4.78 is 31.6. The van der Waals surface area contributed by atoms with Gasteiger partial charge in [-0.25, -0.2) is 8.42 Å². The summed E-state index contributed by atoms with van der Waals surface area (Å²) in [6.07, 6.45) is 1.41. The van der Waals surface area contributed by atoms with Gasteiger partial charge in [-0.3, -0.25) is 0 Å². The number of sulfone groups is 1. The number of nitrogens with zero attached hydrogens (tertiary/aromatic N) is 2. The molecular formula is C8H15N3O4S. The largest absolute Gasteiger partial charge is 0.377 e. The third kappa shape index (κ3) is 4.25. The van der Waals surface area contributed by atoms with Gasteiger partial charge < -0.3 is 15.0 Å². The first-order chi connectivity index (χ1) is 7.42. The van der Waals surface area contributed by atoms with Gasteiger partial charge in [-0.1, -0.05) is 5.16 Å². The number of hydrogen-bond acceptors (Lipinski definition) is 7. The van der Waals surface area contributed by atoms with E-state index in [1.807, 2.05) is 0 Å². The summed E-state index contributed by atoms with van der Waals surface area (Å²) in [5.74, 6) is 0.624. The molecule has 1 rings (SSSR count). The number of methoxy groups -OCH3 is 1. The molecule has 16 heavy (non-hydrogen) atoms. The molecule has 0 aliphatic rings. The van der Waals surface area contributed by atoms with Crippen LogP contribution in [0.15, 0.2) is 4.52 Å². The second-order valence-corrected chi connectivity index (χ2v) is 5.77. The fourth-order valence-corrected chi connectivity index (χ4v) is 1.75. The smallest absolute Gasteiger partial charge is 0.243 e. The molecule has 1 aromatic rings. The van der Waals surface area contributed by atoms with Crippen LogP contribution in [0, 0.1) is 0 Å². The van der Waals surface area contributed by atoms with E-state index in [1.165, 1.54) is 7.11 Å². The lowest BCUT2D eigenvalue weighted by Crippen LogP contribution is -2.16. The van der Waals surface area contributed by atoms with Gasteiger partial charge in [0.05, 0.1) is 11.8 Å². The van der Waals surface area contributed by atoms with E-state index < -0.39 is 15.9 Å². The van der Waals surface area contributed by atoms with E-state index in [2.05, 4.69) is 10.1 Å². The Kier molecular flexibility index (Phi) is 4.39. The third-order valence-electron chi connectivity index (χ3n) is 1.87. The summed E-state index contributed by atoms with van der Waals surface area (Å²) in [6.45, 7) is 0.238. The molecule has 0 bridgehead atoms. The van der Waals surface area contributed by atoms with Crippen molar-refractivity contribution in [2.24, 2.45) is 5.73 Å². The standard InChI is InChI=1S/C8H15N3O4S/c1-14-5-7-10-8(15-11-7)6(9)3-4-16(2,12)13/h6H,3-5,9H2,1-2H3. The predicted octanol–water partition coefficient (Wildman–Crippen LogP) is -0.349. The first-order valence-electron chi connectivity index (χ1n) is 4.67. The number of aromatic nitrogens is 2. The number of nitrogens with two attached hydrogens (primary N) is 1. The molecule has 1 unspecified atom stereocenters. The minimum Gasteiger partial charge on any atom is -0.377 e. The molecule has 0 aliphatic heterocycles. The molecule has 0 saturated heterocycles. The Morgan fingerprint density at radius 2 is 2.25 bits per heavy atom. The number of ether oxygens (including phenoxy) is 1. The molecule has 7 nitrogen and oxygen atoms in total. The average Bonchev–Trinajstić information content (AvgIpc) is 2.62. The summed E-state index contributed by atoms with van der Waals surface area (Å²) in [5, 5.41) is 3.63. The highest BCUT2D eigenvalue weighted by atomic mass is 32.2. The second-order valence-electron chi connectivity index (χ2n) is 3.51. The summed E-state index contributed by atoms with van der Waals surface area (Å²) in [7, 11) is -1.51. The highest BCUT2D eigenvalue weighted by molar-refractivity contribution is 7.90. The maximum Gasteiger partial charge on any atom is 0.243 e. The molecule has 8 heteroatoms. The van der Waals surface area contributed by atoms with Gasteiger partial charge in [0, 0.05) is 13.4 Å². The normalized spacial score (nSPS) is 13.9. The van der Waals surface area contributed by atoms with Gasteiger partial charge in [0.25, 0.3) is 0 Å². The van der Waals surface area contributed by atoms with Crippen molar-refractivity contribution < 1.29 is 17.7 Å². The third-order valence-corrected chi connectivity index (χ3v) is 2.85. The lowest BCUT2D eigenvalue weighted by molar-refractivity contribution is 0.174. The molecule has 0 spiro atoms. The zero-order chi connectivity index (χ0) is 12.2. The Labute approximate surface area is 93.9 Å². The van der Waals surface area contributed by atoms with Crippen molar-refractivity contribution in [2.75, 3.05) is 19.1 Å². The van der Waals surface area contributed by atoms with E-state index >= 15 is 0 Å². The van der Waals surface area contributed by atoms with Gasteiger partial charge in [0.2, 0.25) is 5.89 Å². The molecular weight excluding hydrogens is 234 g/mol. The SMILES string of the molecule is COCc1noc(C(N)CCS(C)(=O)=O)n1. The van der Waals surface area contributed by atoms with Crippen LogP contribution >= 0.6 is 0 Å². The number of rotatable bonds is 6. The molecule has 0 aromatic carbocycles. The summed E-state index contributed by atoms with van der Waals surface area (Å²) in [5.41, 5.74) is 5.71. The predicted molar refractivity (Wildman–Crippen MR) is 56.3 cm³/mol. The van der Waals surface area contributed by atoms with Crippen molar-refractivity contribution >= 4 is 9.84 Å². The van der Waals surface area contributed by atoms with Crippen LogP contribution in [0.4, 0.5) is 0 Å². The molecule has 0 aliphatic carbocycles. The Morgan fingerprint density at radius 1 is 1.56 bits per heavy atom. The monoisotopic (exact) mass is 249 g/mol. The quantitative estimate of drug-likeness (QED) is 0.734. The Bertz CT molecular complexity index is 428. The van der Waals surface area contributed by atoms with E-state index in [4.69, 9.17) is 15.0 Å². The lowest BCUT2D eigenvalue weighted by atomic mass is 10.2. The first kappa shape index (κ1) is 13.1. The van der Waals surface area contributed by atoms with Gasteiger partial charge in [-0.2, -0.15) is 4.98 Å². The highest BCUT2D eigenvalue weighted by Crippen LogP contribution is 2.12. The molecule has 1 aromatic heterocycles. The topological polar surface area (TPSA) is 108 Å². The Morgan fingerprint density at radius 3 is 2.81 bits per heavy atom. The first-order valence-corrected chi connectivity index (χ1v) is 6.73. The van der Waals surface area contributed by atoms with Crippen molar-refractivity contribution in [2.45, 2.75) is 19.1 Å². The van der Waals surface area contributed by atoms with Crippen LogP contribution in [0.1, 0.15) is 24.2 Å². The molecule has 1 atom stereocenters. The Balaban J connectivity index is 2.55. The van der Waals surface area contributed by atoms with Crippen LogP contribution in [-0.4, -0.2) is 37.7 Å².